The Morgan fingerprint density at radius 1 is 0.879 bits per heavy atom. The second-order valence-corrected chi connectivity index (χ2v) is 8.15. The third kappa shape index (κ3) is 5.86. The van der Waals surface area contributed by atoms with Crippen molar-refractivity contribution in [3.8, 4) is 11.5 Å². The maximum absolute atomic E-state index is 12.3. The van der Waals surface area contributed by atoms with Crippen LogP contribution in [0.3, 0.4) is 0 Å². The third-order valence-corrected chi connectivity index (χ3v) is 5.56. The van der Waals surface area contributed by atoms with E-state index in [1.54, 1.807) is 36.4 Å². The zero-order chi connectivity index (χ0) is 23.8. The average Bonchev–Trinajstić information content (AvgIpc) is 2.83. The molecule has 0 atom stereocenters. The minimum absolute atomic E-state index is 0.311. The summed E-state index contributed by atoms with van der Waals surface area (Å²) in [5.41, 5.74) is 2.73. The maximum atomic E-state index is 12.3. The summed E-state index contributed by atoms with van der Waals surface area (Å²) in [4.78, 5) is 24.5. The highest BCUT2D eigenvalue weighted by Crippen LogP contribution is 2.33. The molecule has 33 heavy (non-hydrogen) atoms. The summed E-state index contributed by atoms with van der Waals surface area (Å²) in [5, 5.41) is 0. The van der Waals surface area contributed by atoms with Crippen molar-refractivity contribution in [2.24, 2.45) is 0 Å². The molecule has 2 aromatic rings. The summed E-state index contributed by atoms with van der Waals surface area (Å²) in [6.07, 6.45) is 12.0. The number of hydrogen-bond acceptors (Lipinski definition) is 4. The van der Waals surface area contributed by atoms with E-state index in [1.807, 2.05) is 36.4 Å². The van der Waals surface area contributed by atoms with Crippen LogP contribution in [0.2, 0.25) is 0 Å². The molecular weight excluding hydrogens is 412 g/mol. The van der Waals surface area contributed by atoms with Crippen LogP contribution in [0.5, 0.6) is 11.5 Å². The lowest BCUT2D eigenvalue weighted by molar-refractivity contribution is -0.130. The highest BCUT2D eigenvalue weighted by atomic mass is 16.5. The van der Waals surface area contributed by atoms with Crippen LogP contribution < -0.4 is 9.47 Å². The molecule has 0 amide bonds. The predicted molar refractivity (Wildman–Crippen MR) is 131 cm³/mol. The molecule has 4 heteroatoms. The second kappa shape index (κ2) is 10.6. The quantitative estimate of drug-likeness (QED) is 0.206. The molecule has 1 aliphatic carbocycles. The molecule has 168 valence electrons. The van der Waals surface area contributed by atoms with Gasteiger partial charge in [-0.1, -0.05) is 81.7 Å². The minimum Gasteiger partial charge on any atom is -0.423 e. The van der Waals surface area contributed by atoms with Gasteiger partial charge in [-0.25, -0.2) is 9.59 Å². The third-order valence-electron chi connectivity index (χ3n) is 5.56. The standard InChI is InChI=1S/C29H28O4/c1-5-10-21(6-2)27(30)32-25-17-13-23(14-18-25)29(3,4)24-15-19-26(20-16-24)33-28(31)22-11-8-7-9-12-22/h5-6,8,10-20H,1-2,7,9H2,3-4H3/b21-10+. The lowest BCUT2D eigenvalue weighted by atomic mass is 9.78. The largest absolute Gasteiger partial charge is 0.423 e. The molecule has 3 rings (SSSR count). The van der Waals surface area contributed by atoms with Crippen molar-refractivity contribution in [2.75, 3.05) is 0 Å². The van der Waals surface area contributed by atoms with Gasteiger partial charge >= 0.3 is 11.9 Å². The van der Waals surface area contributed by atoms with Crippen molar-refractivity contribution in [1.82, 2.24) is 0 Å². The highest BCUT2D eigenvalue weighted by Gasteiger charge is 2.23. The van der Waals surface area contributed by atoms with Gasteiger partial charge in [-0.05, 0) is 54.3 Å². The summed E-state index contributed by atoms with van der Waals surface area (Å²) in [5.74, 6) is 0.129. The van der Waals surface area contributed by atoms with Gasteiger partial charge in [0.1, 0.15) is 11.5 Å². The molecule has 0 N–H and O–H groups in total. The van der Waals surface area contributed by atoms with Gasteiger partial charge in [0, 0.05) is 5.41 Å². The number of ether oxygens (including phenoxy) is 2. The fraction of sp³-hybridized carbons (Fsp3) is 0.172. The van der Waals surface area contributed by atoms with E-state index < -0.39 is 5.97 Å². The van der Waals surface area contributed by atoms with E-state index in [0.29, 0.717) is 22.6 Å². The molecule has 0 bridgehead atoms. The lowest BCUT2D eigenvalue weighted by Crippen LogP contribution is -2.19. The molecule has 0 saturated heterocycles. The summed E-state index contributed by atoms with van der Waals surface area (Å²) in [6, 6.07) is 14.9. The molecule has 2 aromatic carbocycles. The first-order chi connectivity index (χ1) is 15.8. The van der Waals surface area contributed by atoms with E-state index in [9.17, 15) is 9.59 Å². The van der Waals surface area contributed by atoms with E-state index in [-0.39, 0.29) is 11.4 Å². The molecule has 0 spiro atoms. The second-order valence-electron chi connectivity index (χ2n) is 8.15. The number of carbonyl (C=O) groups excluding carboxylic acids is 2. The van der Waals surface area contributed by atoms with E-state index in [4.69, 9.17) is 9.47 Å². The first kappa shape index (κ1) is 23.7. The number of carbonyl (C=O) groups is 2. The van der Waals surface area contributed by atoms with Gasteiger partial charge in [0.05, 0.1) is 11.1 Å². The van der Waals surface area contributed by atoms with Crippen LogP contribution in [0.15, 0.2) is 109 Å². The van der Waals surface area contributed by atoms with Crippen LogP contribution in [-0.2, 0) is 15.0 Å². The number of rotatable bonds is 8. The number of allylic oxidation sites excluding steroid dienone is 4. The number of esters is 2. The lowest BCUT2D eigenvalue weighted by Gasteiger charge is -2.26. The van der Waals surface area contributed by atoms with Crippen LogP contribution in [-0.4, -0.2) is 11.9 Å². The normalized spacial score (nSPS) is 13.6. The Balaban J connectivity index is 1.69. The minimum atomic E-state index is -0.485. The smallest absolute Gasteiger partial charge is 0.343 e. The topological polar surface area (TPSA) is 52.6 Å². The van der Waals surface area contributed by atoms with Gasteiger partial charge in [-0.15, -0.1) is 0 Å². The molecule has 0 radical (unpaired) electrons. The van der Waals surface area contributed by atoms with E-state index in [1.165, 1.54) is 12.2 Å². The van der Waals surface area contributed by atoms with Gasteiger partial charge in [0.15, 0.2) is 0 Å². The molecule has 0 fully saturated rings. The Hall–Kier alpha value is -3.92. The van der Waals surface area contributed by atoms with E-state index in [0.717, 1.165) is 24.0 Å². The van der Waals surface area contributed by atoms with Gasteiger partial charge in [0.2, 0.25) is 0 Å². The van der Waals surface area contributed by atoms with Crippen LogP contribution in [0.25, 0.3) is 0 Å². The monoisotopic (exact) mass is 440 g/mol. The van der Waals surface area contributed by atoms with Gasteiger partial charge in [-0.2, -0.15) is 0 Å². The molecule has 0 heterocycles. The molecular formula is C29H28O4. The fourth-order valence-corrected chi connectivity index (χ4v) is 3.49. The van der Waals surface area contributed by atoms with Crippen molar-refractivity contribution >= 4 is 11.9 Å². The van der Waals surface area contributed by atoms with Crippen molar-refractivity contribution in [2.45, 2.75) is 32.1 Å². The summed E-state index contributed by atoms with van der Waals surface area (Å²) in [7, 11) is 0. The van der Waals surface area contributed by atoms with E-state index in [2.05, 4.69) is 27.0 Å². The fourth-order valence-electron chi connectivity index (χ4n) is 3.49. The summed E-state index contributed by atoms with van der Waals surface area (Å²) in [6.45, 7) is 11.4. The van der Waals surface area contributed by atoms with Crippen LogP contribution in [0.4, 0.5) is 0 Å². The molecule has 0 saturated carbocycles. The molecule has 1 aliphatic rings. The molecule has 0 aliphatic heterocycles. The Morgan fingerprint density at radius 3 is 1.94 bits per heavy atom. The van der Waals surface area contributed by atoms with Crippen molar-refractivity contribution in [3.63, 3.8) is 0 Å². The average molecular weight is 441 g/mol. The van der Waals surface area contributed by atoms with Crippen molar-refractivity contribution < 1.29 is 19.1 Å². The first-order valence-electron chi connectivity index (χ1n) is 10.8. The number of hydrogen-bond donors (Lipinski definition) is 0. The zero-order valence-corrected chi connectivity index (χ0v) is 19.0. The van der Waals surface area contributed by atoms with Gasteiger partial charge < -0.3 is 9.47 Å². The van der Waals surface area contributed by atoms with E-state index >= 15 is 0 Å². The maximum Gasteiger partial charge on any atom is 0.343 e. The van der Waals surface area contributed by atoms with Gasteiger partial charge in [-0.3, -0.25) is 0 Å². The Kier molecular flexibility index (Phi) is 7.62. The predicted octanol–water partition coefficient (Wildman–Crippen LogP) is 6.40. The summed E-state index contributed by atoms with van der Waals surface area (Å²) >= 11 is 0. The molecule has 0 aromatic heterocycles. The Morgan fingerprint density at radius 2 is 1.45 bits per heavy atom. The highest BCUT2D eigenvalue weighted by molar-refractivity contribution is 5.93. The van der Waals surface area contributed by atoms with Crippen LogP contribution >= 0.6 is 0 Å². The van der Waals surface area contributed by atoms with Crippen molar-refractivity contribution in [3.05, 3.63) is 120 Å². The van der Waals surface area contributed by atoms with Crippen LogP contribution in [0, 0.1) is 0 Å². The first-order valence-corrected chi connectivity index (χ1v) is 10.8. The number of benzene rings is 2. The molecule has 4 nitrogen and oxygen atoms in total. The molecule has 0 unspecified atom stereocenters. The SMILES string of the molecule is C=C/C=C(\C=C)C(=O)Oc1ccc(C(C)(C)c2ccc(OC(=O)C3=CCCC=C3)cc2)cc1. The Labute approximate surface area is 195 Å². The van der Waals surface area contributed by atoms with Gasteiger partial charge in [0.25, 0.3) is 0 Å². The Bertz CT molecular complexity index is 1130. The summed E-state index contributed by atoms with van der Waals surface area (Å²) < 4.78 is 10.9. The van der Waals surface area contributed by atoms with Crippen LogP contribution in [0.1, 0.15) is 37.8 Å². The zero-order valence-electron chi connectivity index (χ0n) is 19.0. The van der Waals surface area contributed by atoms with Crippen molar-refractivity contribution in [1.29, 1.82) is 0 Å².